The van der Waals surface area contributed by atoms with Crippen LogP contribution < -0.4 is 5.73 Å². The Morgan fingerprint density at radius 3 is 2.44 bits per heavy atom. The summed E-state index contributed by atoms with van der Waals surface area (Å²) < 4.78 is 0. The number of nitrogens with two attached hydrogens (primary N) is 1. The van der Waals surface area contributed by atoms with Gasteiger partial charge in [0.1, 0.15) is 0 Å². The number of piperidine rings is 1. The molecule has 104 valence electrons. The molecular formula is C15H28N2O. The molecule has 2 aliphatic rings. The summed E-state index contributed by atoms with van der Waals surface area (Å²) in [5.41, 5.74) is 6.14. The van der Waals surface area contributed by atoms with Crippen molar-refractivity contribution in [1.82, 2.24) is 4.90 Å². The van der Waals surface area contributed by atoms with E-state index in [0.29, 0.717) is 11.8 Å². The summed E-state index contributed by atoms with van der Waals surface area (Å²) in [6, 6.07) is 0.195. The Balaban J connectivity index is 1.91. The normalized spacial score (nSPS) is 28.8. The molecule has 2 unspecified atom stereocenters. The van der Waals surface area contributed by atoms with Gasteiger partial charge in [0, 0.05) is 25.0 Å². The Hall–Kier alpha value is -0.570. The first kappa shape index (κ1) is 13.9. The molecule has 0 radical (unpaired) electrons. The maximum atomic E-state index is 12.4. The number of carbonyl (C=O) groups is 1. The largest absolute Gasteiger partial charge is 0.341 e. The van der Waals surface area contributed by atoms with Crippen molar-refractivity contribution in [2.24, 2.45) is 23.5 Å². The number of carbonyl (C=O) groups excluding carboxylic acids is 1. The molecule has 0 aromatic heterocycles. The maximum Gasteiger partial charge on any atom is 0.225 e. The van der Waals surface area contributed by atoms with Crippen molar-refractivity contribution < 1.29 is 4.79 Å². The van der Waals surface area contributed by atoms with Gasteiger partial charge < -0.3 is 10.6 Å². The fourth-order valence-corrected chi connectivity index (χ4v) is 3.32. The minimum atomic E-state index is 0.195. The van der Waals surface area contributed by atoms with Crippen molar-refractivity contribution in [3.63, 3.8) is 0 Å². The van der Waals surface area contributed by atoms with E-state index < -0.39 is 0 Å². The van der Waals surface area contributed by atoms with Gasteiger partial charge in [0.2, 0.25) is 5.91 Å². The zero-order valence-electron chi connectivity index (χ0n) is 11.9. The molecule has 1 saturated heterocycles. The Labute approximate surface area is 111 Å². The molecule has 1 amide bonds. The van der Waals surface area contributed by atoms with Crippen LogP contribution in [0.5, 0.6) is 0 Å². The van der Waals surface area contributed by atoms with Crippen LogP contribution in [0.15, 0.2) is 0 Å². The number of nitrogens with zero attached hydrogens (tertiary/aromatic N) is 1. The van der Waals surface area contributed by atoms with E-state index in [9.17, 15) is 4.79 Å². The van der Waals surface area contributed by atoms with E-state index in [1.165, 1.54) is 19.3 Å². The lowest BCUT2D eigenvalue weighted by atomic mass is 9.89. The second-order valence-corrected chi connectivity index (χ2v) is 6.30. The van der Waals surface area contributed by atoms with Gasteiger partial charge in [-0.3, -0.25) is 4.79 Å². The van der Waals surface area contributed by atoms with Gasteiger partial charge in [0.05, 0.1) is 0 Å². The molecule has 1 aliphatic carbocycles. The smallest absolute Gasteiger partial charge is 0.225 e. The number of amides is 1. The fourth-order valence-electron chi connectivity index (χ4n) is 3.32. The zero-order chi connectivity index (χ0) is 13.1. The molecule has 2 rings (SSSR count). The molecule has 0 spiro atoms. The van der Waals surface area contributed by atoms with Gasteiger partial charge in [-0.25, -0.2) is 0 Å². The molecule has 0 aromatic carbocycles. The quantitative estimate of drug-likeness (QED) is 0.816. The van der Waals surface area contributed by atoms with E-state index in [0.717, 1.165) is 38.3 Å². The number of hydrogen-bond acceptors (Lipinski definition) is 2. The molecule has 1 saturated carbocycles. The van der Waals surface area contributed by atoms with Crippen LogP contribution in [0.3, 0.4) is 0 Å². The highest BCUT2D eigenvalue weighted by Crippen LogP contribution is 2.37. The third-order valence-electron chi connectivity index (χ3n) is 4.58. The van der Waals surface area contributed by atoms with Crippen LogP contribution in [0.4, 0.5) is 0 Å². The molecule has 0 bridgehead atoms. The summed E-state index contributed by atoms with van der Waals surface area (Å²) in [5, 5.41) is 0. The first-order chi connectivity index (χ1) is 8.63. The van der Waals surface area contributed by atoms with Crippen LogP contribution >= 0.6 is 0 Å². The van der Waals surface area contributed by atoms with Crippen LogP contribution in [0.1, 0.15) is 52.4 Å². The molecular weight excluding hydrogens is 224 g/mol. The summed E-state index contributed by atoms with van der Waals surface area (Å²) in [6.45, 7) is 5.95. The highest BCUT2D eigenvalue weighted by Gasteiger charge is 2.33. The van der Waals surface area contributed by atoms with Crippen molar-refractivity contribution in [2.75, 3.05) is 13.1 Å². The van der Waals surface area contributed by atoms with Gasteiger partial charge in [-0.05, 0) is 37.5 Å². The average Bonchev–Trinajstić information content (AvgIpc) is 3.13. The third-order valence-corrected chi connectivity index (χ3v) is 4.58. The van der Waals surface area contributed by atoms with Crippen LogP contribution in [-0.2, 0) is 4.79 Å². The summed E-state index contributed by atoms with van der Waals surface area (Å²) in [5.74, 6) is 2.14. The van der Waals surface area contributed by atoms with Crippen molar-refractivity contribution in [3.8, 4) is 0 Å². The highest BCUT2D eigenvalue weighted by atomic mass is 16.2. The van der Waals surface area contributed by atoms with Crippen LogP contribution in [0, 0.1) is 17.8 Å². The SMILES string of the molecule is CCC(CC)C(=O)N1CC(N)CC(CC2CC2)C1. The Kier molecular flexibility index (Phi) is 4.66. The average molecular weight is 252 g/mol. The van der Waals surface area contributed by atoms with Crippen molar-refractivity contribution in [2.45, 2.75) is 58.4 Å². The Morgan fingerprint density at radius 1 is 1.22 bits per heavy atom. The molecule has 0 aromatic rings. The number of likely N-dealkylation sites (tertiary alicyclic amines) is 1. The fraction of sp³-hybridized carbons (Fsp3) is 0.933. The zero-order valence-corrected chi connectivity index (χ0v) is 11.9. The van der Waals surface area contributed by atoms with Crippen LogP contribution in [-0.4, -0.2) is 29.9 Å². The molecule has 2 fully saturated rings. The summed E-state index contributed by atoms with van der Waals surface area (Å²) in [7, 11) is 0. The van der Waals surface area contributed by atoms with E-state index in [2.05, 4.69) is 18.7 Å². The van der Waals surface area contributed by atoms with E-state index in [1.807, 2.05) is 0 Å². The minimum Gasteiger partial charge on any atom is -0.341 e. The summed E-state index contributed by atoms with van der Waals surface area (Å²) in [6.07, 6.45) is 7.10. The van der Waals surface area contributed by atoms with Crippen LogP contribution in [0.25, 0.3) is 0 Å². The van der Waals surface area contributed by atoms with E-state index in [4.69, 9.17) is 5.73 Å². The molecule has 3 nitrogen and oxygen atoms in total. The van der Waals surface area contributed by atoms with Crippen molar-refractivity contribution in [1.29, 1.82) is 0 Å². The lowest BCUT2D eigenvalue weighted by Crippen LogP contribution is -2.51. The standard InChI is InChI=1S/C15H28N2O/c1-3-13(4-2)15(18)17-9-12(7-11-5-6-11)8-14(16)10-17/h11-14H,3-10,16H2,1-2H3. The van der Waals surface area contributed by atoms with Crippen LogP contribution in [0.2, 0.25) is 0 Å². The van der Waals surface area contributed by atoms with Gasteiger partial charge in [-0.15, -0.1) is 0 Å². The molecule has 1 heterocycles. The van der Waals surface area contributed by atoms with Gasteiger partial charge in [-0.1, -0.05) is 26.7 Å². The monoisotopic (exact) mass is 252 g/mol. The van der Waals surface area contributed by atoms with Crippen molar-refractivity contribution in [3.05, 3.63) is 0 Å². The third kappa shape index (κ3) is 3.47. The molecule has 3 heteroatoms. The lowest BCUT2D eigenvalue weighted by molar-refractivity contribution is -0.138. The highest BCUT2D eigenvalue weighted by molar-refractivity contribution is 5.78. The second kappa shape index (κ2) is 6.05. The minimum absolute atomic E-state index is 0.195. The molecule has 2 N–H and O–H groups in total. The maximum absolute atomic E-state index is 12.4. The van der Waals surface area contributed by atoms with E-state index >= 15 is 0 Å². The lowest BCUT2D eigenvalue weighted by Gasteiger charge is -2.38. The molecule has 18 heavy (non-hydrogen) atoms. The predicted octanol–water partition coefficient (Wildman–Crippen LogP) is 2.40. The van der Waals surface area contributed by atoms with E-state index in [-0.39, 0.29) is 12.0 Å². The molecule has 2 atom stereocenters. The molecule has 1 aliphatic heterocycles. The summed E-state index contributed by atoms with van der Waals surface area (Å²) in [4.78, 5) is 14.5. The number of hydrogen-bond donors (Lipinski definition) is 1. The van der Waals surface area contributed by atoms with Gasteiger partial charge in [0.25, 0.3) is 0 Å². The Bertz CT molecular complexity index is 282. The van der Waals surface area contributed by atoms with E-state index in [1.54, 1.807) is 0 Å². The summed E-state index contributed by atoms with van der Waals surface area (Å²) >= 11 is 0. The van der Waals surface area contributed by atoms with Gasteiger partial charge in [0.15, 0.2) is 0 Å². The number of rotatable bonds is 5. The van der Waals surface area contributed by atoms with Gasteiger partial charge >= 0.3 is 0 Å². The van der Waals surface area contributed by atoms with Crippen molar-refractivity contribution >= 4 is 5.91 Å². The second-order valence-electron chi connectivity index (χ2n) is 6.30. The Morgan fingerprint density at radius 2 is 1.89 bits per heavy atom. The first-order valence-electron chi connectivity index (χ1n) is 7.68. The van der Waals surface area contributed by atoms with Gasteiger partial charge in [-0.2, -0.15) is 0 Å². The predicted molar refractivity (Wildman–Crippen MR) is 74.1 cm³/mol. The first-order valence-corrected chi connectivity index (χ1v) is 7.68. The topological polar surface area (TPSA) is 46.3 Å².